The summed E-state index contributed by atoms with van der Waals surface area (Å²) in [5.41, 5.74) is 3.10. The lowest BCUT2D eigenvalue weighted by Crippen LogP contribution is -2.24. The van der Waals surface area contributed by atoms with Gasteiger partial charge in [0.2, 0.25) is 0 Å². The molecule has 0 unspecified atom stereocenters. The van der Waals surface area contributed by atoms with Crippen LogP contribution in [0.4, 0.5) is 10.1 Å². The zero-order chi connectivity index (χ0) is 20.1. The molecule has 0 spiro atoms. The molecular weight excluding hydrogens is 379 g/mol. The van der Waals surface area contributed by atoms with Gasteiger partial charge in [0.25, 0.3) is 5.91 Å². The number of carbonyl (C=O) groups excluding carboxylic acids is 1. The van der Waals surface area contributed by atoms with Crippen molar-refractivity contribution in [1.82, 2.24) is 5.32 Å². The molecule has 7 heteroatoms. The maximum absolute atomic E-state index is 13.4. The molecule has 28 heavy (non-hydrogen) atoms. The topological polar surface area (TPSA) is 75.3 Å². The predicted octanol–water partition coefficient (Wildman–Crippen LogP) is 3.60. The number of halogens is 1. The average molecular weight is 402 g/mol. The number of benzene rings is 2. The molecule has 0 saturated heterocycles. The van der Waals surface area contributed by atoms with Crippen molar-refractivity contribution in [3.05, 3.63) is 76.5 Å². The number of nitrogens with one attached hydrogen (secondary N) is 2. The molecule has 1 fully saturated rings. The molecule has 1 saturated carbocycles. The number of rotatable bonds is 8. The molecule has 0 aliphatic heterocycles. The Morgan fingerprint density at radius 2 is 2.00 bits per heavy atom. The van der Waals surface area contributed by atoms with E-state index in [-0.39, 0.29) is 18.3 Å². The Morgan fingerprint density at radius 1 is 1.21 bits per heavy atom. The smallest absolute Gasteiger partial charge is 0.253 e. The largest absolute Gasteiger partial charge is 0.380 e. The highest BCUT2D eigenvalue weighted by atomic mass is 32.2. The van der Waals surface area contributed by atoms with Crippen LogP contribution >= 0.6 is 0 Å². The van der Waals surface area contributed by atoms with Crippen molar-refractivity contribution in [2.24, 2.45) is 0 Å². The van der Waals surface area contributed by atoms with Crippen LogP contribution in [0.2, 0.25) is 0 Å². The lowest BCUT2D eigenvalue weighted by Gasteiger charge is -2.14. The van der Waals surface area contributed by atoms with Crippen LogP contribution in [-0.2, 0) is 16.4 Å². The van der Waals surface area contributed by atoms with Crippen LogP contribution in [0, 0.1) is 5.82 Å². The lowest BCUT2D eigenvalue weighted by molar-refractivity contribution is 0.0958. The van der Waals surface area contributed by atoms with Crippen molar-refractivity contribution in [1.29, 1.82) is 0 Å². The van der Waals surface area contributed by atoms with Crippen LogP contribution in [0.25, 0.3) is 0 Å². The van der Waals surface area contributed by atoms with E-state index in [1.165, 1.54) is 23.8 Å². The SMILES string of the molecule is CS(=O)(=O)/C=C/CNC(=O)c1ccc(C2CC2)cc1NCc1cccc(F)c1. The number of amides is 1. The highest BCUT2D eigenvalue weighted by Gasteiger charge is 2.24. The molecule has 0 heterocycles. The molecule has 0 radical (unpaired) electrons. The Balaban J connectivity index is 1.73. The van der Waals surface area contributed by atoms with Gasteiger partial charge in [-0.2, -0.15) is 0 Å². The zero-order valence-corrected chi connectivity index (χ0v) is 16.4. The molecule has 0 atom stereocenters. The van der Waals surface area contributed by atoms with E-state index >= 15 is 0 Å². The van der Waals surface area contributed by atoms with Gasteiger partial charge in [0.15, 0.2) is 9.84 Å². The van der Waals surface area contributed by atoms with E-state index in [9.17, 15) is 17.6 Å². The number of hydrogen-bond donors (Lipinski definition) is 2. The quantitative estimate of drug-likeness (QED) is 0.707. The molecule has 0 bridgehead atoms. The fraction of sp³-hybridized carbons (Fsp3) is 0.286. The minimum absolute atomic E-state index is 0.111. The van der Waals surface area contributed by atoms with Gasteiger partial charge in [-0.3, -0.25) is 4.79 Å². The highest BCUT2D eigenvalue weighted by Crippen LogP contribution is 2.41. The molecule has 1 amide bonds. The van der Waals surface area contributed by atoms with Gasteiger partial charge in [-0.05, 0) is 54.2 Å². The Labute approximate surface area is 164 Å². The first-order chi connectivity index (χ1) is 13.3. The molecule has 1 aliphatic rings. The first kappa shape index (κ1) is 20.1. The summed E-state index contributed by atoms with van der Waals surface area (Å²) >= 11 is 0. The molecule has 148 valence electrons. The van der Waals surface area contributed by atoms with Crippen LogP contribution in [-0.4, -0.2) is 27.1 Å². The molecule has 0 aromatic heterocycles. The van der Waals surface area contributed by atoms with Crippen LogP contribution < -0.4 is 10.6 Å². The minimum Gasteiger partial charge on any atom is -0.380 e. The van der Waals surface area contributed by atoms with E-state index in [0.717, 1.165) is 30.1 Å². The predicted molar refractivity (Wildman–Crippen MR) is 108 cm³/mol. The van der Waals surface area contributed by atoms with Crippen molar-refractivity contribution in [2.75, 3.05) is 18.1 Å². The number of anilines is 1. The van der Waals surface area contributed by atoms with E-state index in [0.29, 0.717) is 23.7 Å². The summed E-state index contributed by atoms with van der Waals surface area (Å²) in [5.74, 6) is -0.0755. The Hall–Kier alpha value is -2.67. The highest BCUT2D eigenvalue weighted by molar-refractivity contribution is 7.93. The van der Waals surface area contributed by atoms with Gasteiger partial charge in [0, 0.05) is 30.4 Å². The molecule has 1 aliphatic carbocycles. The number of hydrogen-bond acceptors (Lipinski definition) is 4. The zero-order valence-electron chi connectivity index (χ0n) is 15.6. The molecule has 2 aromatic carbocycles. The summed E-state index contributed by atoms with van der Waals surface area (Å²) in [6.45, 7) is 0.500. The van der Waals surface area contributed by atoms with Crippen molar-refractivity contribution < 1.29 is 17.6 Å². The second-order valence-corrected chi connectivity index (χ2v) is 8.91. The third-order valence-corrected chi connectivity index (χ3v) is 5.12. The summed E-state index contributed by atoms with van der Waals surface area (Å²) in [5, 5.41) is 6.99. The van der Waals surface area contributed by atoms with Crippen LogP contribution in [0.3, 0.4) is 0 Å². The second kappa shape index (κ2) is 8.56. The van der Waals surface area contributed by atoms with Gasteiger partial charge in [0.1, 0.15) is 5.82 Å². The maximum atomic E-state index is 13.4. The standard InChI is InChI=1S/C21H23FN2O3S/c1-28(26,27)11-3-10-23-21(25)19-9-8-17(16-6-7-16)13-20(19)24-14-15-4-2-5-18(22)12-15/h2-5,8-9,11-13,16,24H,6-7,10,14H2,1H3,(H,23,25)/b11-3+. The summed E-state index contributed by atoms with van der Waals surface area (Å²) in [6.07, 6.45) is 4.78. The summed E-state index contributed by atoms with van der Waals surface area (Å²) in [4.78, 5) is 12.6. The van der Waals surface area contributed by atoms with Crippen molar-refractivity contribution in [3.8, 4) is 0 Å². The lowest BCUT2D eigenvalue weighted by atomic mass is 10.0. The number of sulfone groups is 1. The summed E-state index contributed by atoms with van der Waals surface area (Å²) in [7, 11) is -3.22. The molecule has 2 aromatic rings. The Morgan fingerprint density at radius 3 is 2.68 bits per heavy atom. The first-order valence-corrected chi connectivity index (χ1v) is 11.0. The molecule has 5 nitrogen and oxygen atoms in total. The fourth-order valence-electron chi connectivity index (χ4n) is 2.89. The first-order valence-electron chi connectivity index (χ1n) is 9.09. The normalized spacial score (nSPS) is 14.2. The van der Waals surface area contributed by atoms with Crippen LogP contribution in [0.15, 0.2) is 53.9 Å². The van der Waals surface area contributed by atoms with E-state index in [4.69, 9.17) is 0 Å². The summed E-state index contributed by atoms with van der Waals surface area (Å²) in [6, 6.07) is 12.0. The van der Waals surface area contributed by atoms with E-state index in [2.05, 4.69) is 10.6 Å². The van der Waals surface area contributed by atoms with Crippen molar-refractivity contribution in [2.45, 2.75) is 25.3 Å². The van der Waals surface area contributed by atoms with Crippen molar-refractivity contribution in [3.63, 3.8) is 0 Å². The van der Waals surface area contributed by atoms with Gasteiger partial charge >= 0.3 is 0 Å². The number of carbonyl (C=O) groups is 1. The third kappa shape index (κ3) is 5.92. The second-order valence-electron chi connectivity index (χ2n) is 6.97. The monoisotopic (exact) mass is 402 g/mol. The molecular formula is C21H23FN2O3S. The summed E-state index contributed by atoms with van der Waals surface area (Å²) < 4.78 is 35.6. The maximum Gasteiger partial charge on any atom is 0.253 e. The van der Waals surface area contributed by atoms with E-state index < -0.39 is 9.84 Å². The van der Waals surface area contributed by atoms with Crippen LogP contribution in [0.1, 0.15) is 40.2 Å². The average Bonchev–Trinajstić information content (AvgIpc) is 3.48. The van der Waals surface area contributed by atoms with Crippen molar-refractivity contribution >= 4 is 21.4 Å². The third-order valence-electron chi connectivity index (χ3n) is 4.43. The van der Waals surface area contributed by atoms with Gasteiger partial charge < -0.3 is 10.6 Å². The van der Waals surface area contributed by atoms with Gasteiger partial charge in [0.05, 0.1) is 5.56 Å². The minimum atomic E-state index is -3.22. The molecule has 2 N–H and O–H groups in total. The van der Waals surface area contributed by atoms with Gasteiger partial charge in [-0.1, -0.05) is 24.3 Å². The fourth-order valence-corrected chi connectivity index (χ4v) is 3.34. The van der Waals surface area contributed by atoms with Gasteiger partial charge in [-0.25, -0.2) is 12.8 Å². The van der Waals surface area contributed by atoms with E-state index in [1.54, 1.807) is 12.1 Å². The molecule has 3 rings (SSSR count). The Kier molecular flexibility index (Phi) is 6.14. The van der Waals surface area contributed by atoms with Crippen LogP contribution in [0.5, 0.6) is 0 Å². The van der Waals surface area contributed by atoms with E-state index in [1.807, 2.05) is 18.2 Å². The van der Waals surface area contributed by atoms with Gasteiger partial charge in [-0.15, -0.1) is 0 Å². The Bertz CT molecular complexity index is 998.